The van der Waals surface area contributed by atoms with Gasteiger partial charge in [0, 0.05) is 25.2 Å². The number of hydrogen-bond donors (Lipinski definition) is 2. The highest BCUT2D eigenvalue weighted by molar-refractivity contribution is 7.12. The first-order valence-corrected chi connectivity index (χ1v) is 7.54. The number of aryl methyl sites for hydroxylation is 2. The van der Waals surface area contributed by atoms with Crippen LogP contribution in [0.1, 0.15) is 34.3 Å². The minimum absolute atomic E-state index is 0.0220. The summed E-state index contributed by atoms with van der Waals surface area (Å²) in [5, 5.41) is 17.8. The minimum atomic E-state index is -0.180. The van der Waals surface area contributed by atoms with E-state index in [4.69, 9.17) is 5.11 Å². The Bertz CT molecular complexity index is 691. The number of carbonyl (C=O) groups excluding carboxylic acids is 1. The van der Waals surface area contributed by atoms with Gasteiger partial charge >= 0.3 is 0 Å². The molecular weight excluding hydrogens is 286 g/mol. The quantitative estimate of drug-likeness (QED) is 0.849. The van der Waals surface area contributed by atoms with Crippen LogP contribution in [0.4, 0.5) is 5.69 Å². The number of nitrogens with one attached hydrogen (secondary N) is 1. The first-order chi connectivity index (χ1) is 10.2. The van der Waals surface area contributed by atoms with Crippen LogP contribution >= 0.6 is 11.3 Å². The Morgan fingerprint density at radius 3 is 3.10 bits per heavy atom. The van der Waals surface area contributed by atoms with Crippen LogP contribution in [-0.4, -0.2) is 27.4 Å². The van der Waals surface area contributed by atoms with E-state index in [1.807, 2.05) is 25.4 Å². The first-order valence-electron chi connectivity index (χ1n) is 6.66. The minimum Gasteiger partial charge on any atom is -0.395 e. The van der Waals surface area contributed by atoms with Crippen molar-refractivity contribution in [3.63, 3.8) is 0 Å². The van der Waals surface area contributed by atoms with E-state index < -0.39 is 0 Å². The number of aliphatic hydroxyl groups excluding tert-OH is 1. The van der Waals surface area contributed by atoms with Gasteiger partial charge in [-0.3, -0.25) is 9.48 Å². The number of nitrogens with zero attached hydrogens (tertiary/aromatic N) is 2. The van der Waals surface area contributed by atoms with Crippen LogP contribution in [-0.2, 0) is 13.5 Å². The SMILES string of the molecule is CCc1nn(C)cc1NC(=O)c1sccc1C#CCCO. The summed E-state index contributed by atoms with van der Waals surface area (Å²) in [4.78, 5) is 12.9. The van der Waals surface area contributed by atoms with Gasteiger partial charge in [-0.2, -0.15) is 5.10 Å². The largest absolute Gasteiger partial charge is 0.395 e. The van der Waals surface area contributed by atoms with Crippen molar-refractivity contribution in [3.05, 3.63) is 33.8 Å². The van der Waals surface area contributed by atoms with E-state index in [0.29, 0.717) is 16.9 Å². The number of anilines is 1. The van der Waals surface area contributed by atoms with E-state index in [1.54, 1.807) is 10.9 Å². The Morgan fingerprint density at radius 1 is 1.57 bits per heavy atom. The smallest absolute Gasteiger partial charge is 0.267 e. The maximum atomic E-state index is 12.4. The number of aliphatic hydroxyl groups is 1. The monoisotopic (exact) mass is 303 g/mol. The van der Waals surface area contributed by atoms with Gasteiger partial charge in [-0.05, 0) is 17.9 Å². The zero-order valence-electron chi connectivity index (χ0n) is 12.0. The molecule has 0 atom stereocenters. The predicted molar refractivity (Wildman–Crippen MR) is 83.4 cm³/mol. The van der Waals surface area contributed by atoms with Gasteiger partial charge in [-0.25, -0.2) is 0 Å². The van der Waals surface area contributed by atoms with Crippen LogP contribution in [0.15, 0.2) is 17.6 Å². The molecule has 6 heteroatoms. The maximum Gasteiger partial charge on any atom is 0.267 e. The molecule has 5 nitrogen and oxygen atoms in total. The maximum absolute atomic E-state index is 12.4. The van der Waals surface area contributed by atoms with E-state index in [2.05, 4.69) is 22.3 Å². The summed E-state index contributed by atoms with van der Waals surface area (Å²) in [5.74, 6) is 5.57. The summed E-state index contributed by atoms with van der Waals surface area (Å²) in [6, 6.07) is 1.81. The van der Waals surface area contributed by atoms with Crippen LogP contribution in [0.5, 0.6) is 0 Å². The molecule has 0 saturated carbocycles. The molecule has 0 aliphatic carbocycles. The molecule has 0 saturated heterocycles. The lowest BCUT2D eigenvalue weighted by Crippen LogP contribution is -2.12. The Hall–Kier alpha value is -2.10. The van der Waals surface area contributed by atoms with Gasteiger partial charge in [-0.1, -0.05) is 18.8 Å². The van der Waals surface area contributed by atoms with Crippen molar-refractivity contribution in [2.75, 3.05) is 11.9 Å². The average molecular weight is 303 g/mol. The van der Waals surface area contributed by atoms with Gasteiger partial charge in [0.15, 0.2) is 0 Å². The summed E-state index contributed by atoms with van der Waals surface area (Å²) in [7, 11) is 1.83. The standard InChI is InChI=1S/C15H17N3O2S/c1-3-12-13(10-18(2)17-12)16-15(20)14-11(7-9-21-14)6-4-5-8-19/h7,9-10,19H,3,5,8H2,1-2H3,(H,16,20). The predicted octanol–water partition coefficient (Wildman–Crippen LogP) is 2.03. The van der Waals surface area contributed by atoms with Gasteiger partial charge in [0.25, 0.3) is 5.91 Å². The first kappa shape index (κ1) is 15.3. The highest BCUT2D eigenvalue weighted by Gasteiger charge is 2.15. The summed E-state index contributed by atoms with van der Waals surface area (Å²) >= 11 is 1.35. The average Bonchev–Trinajstić information content (AvgIpc) is 3.05. The Labute approximate surface area is 127 Å². The molecular formula is C15H17N3O2S. The van der Waals surface area contributed by atoms with Gasteiger partial charge in [-0.15, -0.1) is 11.3 Å². The number of thiophene rings is 1. The number of carbonyl (C=O) groups is 1. The molecule has 110 valence electrons. The summed E-state index contributed by atoms with van der Waals surface area (Å²) in [5.41, 5.74) is 2.27. The highest BCUT2D eigenvalue weighted by Crippen LogP contribution is 2.20. The summed E-state index contributed by atoms with van der Waals surface area (Å²) in [6.45, 7) is 2.02. The second-order valence-electron chi connectivity index (χ2n) is 4.41. The molecule has 2 rings (SSSR count). The molecule has 2 heterocycles. The lowest BCUT2D eigenvalue weighted by atomic mass is 10.2. The highest BCUT2D eigenvalue weighted by atomic mass is 32.1. The number of rotatable bonds is 4. The number of aromatic nitrogens is 2. The molecule has 1 amide bonds. The summed E-state index contributed by atoms with van der Waals surface area (Å²) in [6.07, 6.45) is 2.95. The second kappa shape index (κ2) is 7.07. The molecule has 0 aliphatic heterocycles. The molecule has 21 heavy (non-hydrogen) atoms. The van der Waals surface area contributed by atoms with Crippen LogP contribution in [0.25, 0.3) is 0 Å². The van der Waals surface area contributed by atoms with Crippen molar-refractivity contribution in [2.45, 2.75) is 19.8 Å². The Balaban J connectivity index is 2.18. The lowest BCUT2D eigenvalue weighted by Gasteiger charge is -2.03. The van der Waals surface area contributed by atoms with Crippen molar-refractivity contribution < 1.29 is 9.90 Å². The third kappa shape index (κ3) is 3.72. The molecule has 0 spiro atoms. The zero-order chi connectivity index (χ0) is 15.2. The van der Waals surface area contributed by atoms with Crippen molar-refractivity contribution in [2.24, 2.45) is 7.05 Å². The fraction of sp³-hybridized carbons (Fsp3) is 0.333. The number of amides is 1. The normalized spacial score (nSPS) is 10.0. The van der Waals surface area contributed by atoms with Gasteiger partial charge in [0.1, 0.15) is 4.88 Å². The van der Waals surface area contributed by atoms with Crippen molar-refractivity contribution in [1.29, 1.82) is 0 Å². The van der Waals surface area contributed by atoms with E-state index >= 15 is 0 Å². The topological polar surface area (TPSA) is 67.2 Å². The second-order valence-corrected chi connectivity index (χ2v) is 5.33. The van der Waals surface area contributed by atoms with Crippen LogP contribution in [0.3, 0.4) is 0 Å². The van der Waals surface area contributed by atoms with Crippen molar-refractivity contribution >= 4 is 22.9 Å². The van der Waals surface area contributed by atoms with E-state index in [0.717, 1.165) is 17.8 Å². The molecule has 0 unspecified atom stereocenters. The van der Waals surface area contributed by atoms with Crippen molar-refractivity contribution in [1.82, 2.24) is 9.78 Å². The lowest BCUT2D eigenvalue weighted by molar-refractivity contribution is 0.103. The third-order valence-corrected chi connectivity index (χ3v) is 3.73. The van der Waals surface area contributed by atoms with Crippen LogP contribution in [0, 0.1) is 11.8 Å². The third-order valence-electron chi connectivity index (χ3n) is 2.82. The fourth-order valence-corrected chi connectivity index (χ4v) is 2.62. The number of hydrogen-bond acceptors (Lipinski definition) is 4. The van der Waals surface area contributed by atoms with E-state index in [1.165, 1.54) is 11.3 Å². The zero-order valence-corrected chi connectivity index (χ0v) is 12.8. The summed E-state index contributed by atoms with van der Waals surface area (Å²) < 4.78 is 1.69. The molecule has 0 radical (unpaired) electrons. The van der Waals surface area contributed by atoms with Crippen molar-refractivity contribution in [3.8, 4) is 11.8 Å². The molecule has 0 fully saturated rings. The van der Waals surface area contributed by atoms with Crippen LogP contribution < -0.4 is 5.32 Å². The van der Waals surface area contributed by atoms with Gasteiger partial charge in [0.2, 0.25) is 0 Å². The van der Waals surface area contributed by atoms with Gasteiger partial charge in [0.05, 0.1) is 18.0 Å². The molecule has 0 aromatic carbocycles. The molecule has 0 aliphatic rings. The van der Waals surface area contributed by atoms with Gasteiger partial charge < -0.3 is 10.4 Å². The molecule has 0 bridgehead atoms. The fourth-order valence-electron chi connectivity index (χ4n) is 1.88. The molecule has 2 aromatic heterocycles. The van der Waals surface area contributed by atoms with E-state index in [9.17, 15) is 4.79 Å². The Morgan fingerprint density at radius 2 is 2.38 bits per heavy atom. The van der Waals surface area contributed by atoms with E-state index in [-0.39, 0.29) is 12.5 Å². The van der Waals surface area contributed by atoms with Crippen LogP contribution in [0.2, 0.25) is 0 Å². The molecule has 2 N–H and O–H groups in total. The molecule has 2 aromatic rings. The Kier molecular flexibility index (Phi) is 5.14.